The summed E-state index contributed by atoms with van der Waals surface area (Å²) in [6.07, 6.45) is 0.0910. The highest BCUT2D eigenvalue weighted by atomic mass is 16.5. The minimum absolute atomic E-state index is 0.0910. The maximum Gasteiger partial charge on any atom is 0.157 e. The molecule has 0 atom stereocenters. The van der Waals surface area contributed by atoms with Crippen molar-refractivity contribution in [3.05, 3.63) is 36.2 Å². The smallest absolute Gasteiger partial charge is 0.157 e. The van der Waals surface area contributed by atoms with Gasteiger partial charge in [-0.25, -0.2) is 9.97 Å². The third-order valence-electron chi connectivity index (χ3n) is 2.75. The Morgan fingerprint density at radius 2 is 1.95 bits per heavy atom. The van der Waals surface area contributed by atoms with Crippen LogP contribution in [0.5, 0.6) is 5.75 Å². The number of aromatic nitrogens is 2. The van der Waals surface area contributed by atoms with Crippen LogP contribution in [0.2, 0.25) is 0 Å². The third kappa shape index (κ3) is 4.16. The number of nitrogens with zero attached hydrogens (tertiary/aromatic N) is 2. The number of nitrogens with two attached hydrogens (primary N) is 1. The fraction of sp³-hybridized carbons (Fsp3) is 0.375. The highest BCUT2D eigenvalue weighted by Crippen LogP contribution is 2.30. The number of ether oxygens (including phenoxy) is 2. The predicted molar refractivity (Wildman–Crippen MR) is 83.0 cm³/mol. The molecule has 112 valence electrons. The van der Waals surface area contributed by atoms with Gasteiger partial charge in [0.2, 0.25) is 0 Å². The van der Waals surface area contributed by atoms with E-state index in [9.17, 15) is 0 Å². The lowest BCUT2D eigenvalue weighted by molar-refractivity contribution is 0.128. The van der Waals surface area contributed by atoms with Crippen molar-refractivity contribution in [1.29, 1.82) is 0 Å². The van der Waals surface area contributed by atoms with Crippen LogP contribution in [-0.4, -0.2) is 22.7 Å². The van der Waals surface area contributed by atoms with E-state index in [0.29, 0.717) is 24.9 Å². The first-order chi connectivity index (χ1) is 10.1. The number of benzene rings is 1. The highest BCUT2D eigenvalue weighted by molar-refractivity contribution is 5.68. The average Bonchev–Trinajstić information content (AvgIpc) is 2.44. The minimum atomic E-state index is 0.0910. The molecule has 0 aliphatic carbocycles. The van der Waals surface area contributed by atoms with Gasteiger partial charge >= 0.3 is 0 Å². The topological polar surface area (TPSA) is 70.3 Å². The summed E-state index contributed by atoms with van der Waals surface area (Å²) in [7, 11) is 0. The molecular formula is C16H21N3O2. The molecule has 0 amide bonds. The molecule has 0 spiro atoms. The minimum Gasteiger partial charge on any atom is -0.490 e. The van der Waals surface area contributed by atoms with Crippen LogP contribution in [0.3, 0.4) is 0 Å². The van der Waals surface area contributed by atoms with Gasteiger partial charge in [-0.15, -0.1) is 0 Å². The molecule has 2 rings (SSSR count). The van der Waals surface area contributed by atoms with Crippen LogP contribution in [0, 0.1) is 0 Å². The van der Waals surface area contributed by atoms with E-state index in [1.165, 1.54) is 0 Å². The highest BCUT2D eigenvalue weighted by Gasteiger charge is 2.11. The number of nitrogen functional groups attached to an aromatic ring is 1. The average molecular weight is 287 g/mol. The maximum absolute atomic E-state index is 5.87. The molecule has 2 aromatic rings. The summed E-state index contributed by atoms with van der Waals surface area (Å²) >= 11 is 0. The van der Waals surface area contributed by atoms with Crippen LogP contribution >= 0.6 is 0 Å². The Hall–Kier alpha value is -2.14. The summed E-state index contributed by atoms with van der Waals surface area (Å²) in [4.78, 5) is 8.70. The van der Waals surface area contributed by atoms with Crippen molar-refractivity contribution >= 4 is 5.82 Å². The van der Waals surface area contributed by atoms with Crippen LogP contribution in [0.4, 0.5) is 5.82 Å². The van der Waals surface area contributed by atoms with Crippen LogP contribution in [0.25, 0.3) is 11.3 Å². The van der Waals surface area contributed by atoms with Gasteiger partial charge in [-0.3, -0.25) is 0 Å². The van der Waals surface area contributed by atoms with Crippen molar-refractivity contribution in [2.24, 2.45) is 0 Å². The number of para-hydroxylation sites is 1. The van der Waals surface area contributed by atoms with Gasteiger partial charge in [-0.1, -0.05) is 12.1 Å². The lowest BCUT2D eigenvalue weighted by Gasteiger charge is -2.14. The molecule has 0 saturated heterocycles. The fourth-order valence-electron chi connectivity index (χ4n) is 1.95. The van der Waals surface area contributed by atoms with Crippen molar-refractivity contribution in [2.75, 3.05) is 12.3 Å². The van der Waals surface area contributed by atoms with Gasteiger partial charge in [0.1, 0.15) is 18.2 Å². The molecular weight excluding hydrogens is 266 g/mol. The Kier molecular flexibility index (Phi) is 5.11. The largest absolute Gasteiger partial charge is 0.490 e. The predicted octanol–water partition coefficient (Wildman–Crippen LogP) is 3.05. The number of anilines is 1. The molecule has 1 aromatic carbocycles. The Bertz CT molecular complexity index is 600. The molecule has 0 aliphatic rings. The van der Waals surface area contributed by atoms with Gasteiger partial charge in [0.05, 0.1) is 11.8 Å². The van der Waals surface area contributed by atoms with Gasteiger partial charge in [0.25, 0.3) is 0 Å². The monoisotopic (exact) mass is 287 g/mol. The second kappa shape index (κ2) is 7.04. The lowest BCUT2D eigenvalue weighted by Crippen LogP contribution is -2.08. The van der Waals surface area contributed by atoms with Crippen molar-refractivity contribution in [3.8, 4) is 17.0 Å². The van der Waals surface area contributed by atoms with Crippen molar-refractivity contribution in [2.45, 2.75) is 33.5 Å². The summed E-state index contributed by atoms with van der Waals surface area (Å²) in [6, 6.07) is 9.52. The molecule has 0 fully saturated rings. The molecule has 0 saturated carbocycles. The molecule has 2 N–H and O–H groups in total. The Balaban J connectivity index is 2.39. The first kappa shape index (κ1) is 15.3. The maximum atomic E-state index is 5.87. The van der Waals surface area contributed by atoms with Crippen LogP contribution < -0.4 is 10.5 Å². The quantitative estimate of drug-likeness (QED) is 0.884. The number of hydrogen-bond acceptors (Lipinski definition) is 5. The molecule has 1 heterocycles. The van der Waals surface area contributed by atoms with E-state index in [1.807, 2.05) is 45.0 Å². The van der Waals surface area contributed by atoms with Gasteiger partial charge in [-0.2, -0.15) is 0 Å². The van der Waals surface area contributed by atoms with E-state index >= 15 is 0 Å². The molecule has 21 heavy (non-hydrogen) atoms. The summed E-state index contributed by atoms with van der Waals surface area (Å²) in [5.74, 6) is 1.79. The number of hydrogen-bond donors (Lipinski definition) is 1. The zero-order valence-electron chi connectivity index (χ0n) is 12.7. The summed E-state index contributed by atoms with van der Waals surface area (Å²) in [5.41, 5.74) is 7.52. The number of rotatable bonds is 6. The first-order valence-electron chi connectivity index (χ1n) is 7.07. The Labute approximate surface area is 125 Å². The second-order valence-electron chi connectivity index (χ2n) is 4.89. The Morgan fingerprint density at radius 1 is 1.19 bits per heavy atom. The van der Waals surface area contributed by atoms with Crippen LogP contribution in [0.1, 0.15) is 26.6 Å². The molecule has 5 heteroatoms. The molecule has 0 radical (unpaired) electrons. The standard InChI is InChI=1S/C16H21N3O2/c1-4-20-10-16-18-13(9-15(17)19-16)12-7-5-6-8-14(12)21-11(2)3/h5-9,11H,4,10H2,1-3H3,(H2,17,18,19). The van der Waals surface area contributed by atoms with E-state index in [2.05, 4.69) is 9.97 Å². The SMILES string of the molecule is CCOCc1nc(N)cc(-c2ccccc2OC(C)C)n1. The lowest BCUT2D eigenvalue weighted by atomic mass is 10.1. The van der Waals surface area contributed by atoms with Crippen LogP contribution in [0.15, 0.2) is 30.3 Å². The molecule has 5 nitrogen and oxygen atoms in total. The summed E-state index contributed by atoms with van der Waals surface area (Å²) < 4.78 is 11.2. The zero-order valence-corrected chi connectivity index (χ0v) is 12.7. The fourth-order valence-corrected chi connectivity index (χ4v) is 1.95. The first-order valence-corrected chi connectivity index (χ1v) is 7.07. The van der Waals surface area contributed by atoms with Gasteiger partial charge in [0, 0.05) is 18.2 Å². The van der Waals surface area contributed by atoms with Crippen molar-refractivity contribution in [1.82, 2.24) is 9.97 Å². The zero-order chi connectivity index (χ0) is 15.2. The van der Waals surface area contributed by atoms with E-state index in [-0.39, 0.29) is 6.10 Å². The molecule has 0 bridgehead atoms. The van der Waals surface area contributed by atoms with Crippen molar-refractivity contribution in [3.63, 3.8) is 0 Å². The van der Waals surface area contributed by atoms with E-state index < -0.39 is 0 Å². The molecule has 1 aromatic heterocycles. The summed E-state index contributed by atoms with van der Waals surface area (Å²) in [5, 5.41) is 0. The summed E-state index contributed by atoms with van der Waals surface area (Å²) in [6.45, 7) is 6.87. The normalized spacial score (nSPS) is 10.9. The molecule has 0 unspecified atom stereocenters. The van der Waals surface area contributed by atoms with E-state index in [4.69, 9.17) is 15.2 Å². The third-order valence-corrected chi connectivity index (χ3v) is 2.75. The molecule has 0 aliphatic heterocycles. The van der Waals surface area contributed by atoms with Gasteiger partial charge in [0.15, 0.2) is 5.82 Å². The van der Waals surface area contributed by atoms with Gasteiger partial charge < -0.3 is 15.2 Å². The second-order valence-corrected chi connectivity index (χ2v) is 4.89. The van der Waals surface area contributed by atoms with Crippen molar-refractivity contribution < 1.29 is 9.47 Å². The van der Waals surface area contributed by atoms with Crippen LogP contribution in [-0.2, 0) is 11.3 Å². The van der Waals surface area contributed by atoms with E-state index in [0.717, 1.165) is 17.0 Å². The van der Waals surface area contributed by atoms with Gasteiger partial charge in [-0.05, 0) is 32.9 Å². The Morgan fingerprint density at radius 3 is 2.67 bits per heavy atom. The van der Waals surface area contributed by atoms with E-state index in [1.54, 1.807) is 6.07 Å².